The van der Waals surface area contributed by atoms with Gasteiger partial charge in [0.1, 0.15) is 11.6 Å². The molecule has 1 aromatic carbocycles. The second-order valence-electron chi connectivity index (χ2n) is 6.23. The van der Waals surface area contributed by atoms with Crippen LogP contribution in [0.1, 0.15) is 10.4 Å². The molecular weight excluding hydrogens is 332 g/mol. The number of aromatic nitrogens is 2. The molecule has 26 heavy (non-hydrogen) atoms. The van der Waals surface area contributed by atoms with Crippen molar-refractivity contribution in [1.82, 2.24) is 14.9 Å². The Kier molecular flexibility index (Phi) is 4.04. The molecule has 0 atom stereocenters. The Morgan fingerprint density at radius 3 is 2.54 bits per heavy atom. The van der Waals surface area contributed by atoms with Crippen LogP contribution >= 0.6 is 0 Å². The van der Waals surface area contributed by atoms with E-state index in [0.717, 1.165) is 16.7 Å². The molecule has 0 aliphatic carbocycles. The zero-order valence-corrected chi connectivity index (χ0v) is 14.1. The molecule has 0 saturated carbocycles. The standard InChI is InChI=1S/C19H18N4O3/c24-13-5-6-17(21-11-13)22-7-9-23(10-8-22)19(26)18(25)15-12-20-16-4-2-1-3-14(15)16/h1-6,11-12,20,24H,7-10H2. The van der Waals surface area contributed by atoms with Crippen molar-refractivity contribution in [3.8, 4) is 5.75 Å². The van der Waals surface area contributed by atoms with Gasteiger partial charge in [-0.1, -0.05) is 18.2 Å². The quantitative estimate of drug-likeness (QED) is 0.555. The van der Waals surface area contributed by atoms with Gasteiger partial charge in [-0.2, -0.15) is 0 Å². The maximum absolute atomic E-state index is 12.6. The summed E-state index contributed by atoms with van der Waals surface area (Å²) in [5.41, 5.74) is 1.25. The monoisotopic (exact) mass is 350 g/mol. The first kappa shape index (κ1) is 16.1. The minimum absolute atomic E-state index is 0.117. The molecule has 1 aliphatic heterocycles. The Labute approximate surface area is 149 Å². The maximum atomic E-state index is 12.6. The van der Waals surface area contributed by atoms with Crippen molar-refractivity contribution in [3.05, 3.63) is 54.4 Å². The Balaban J connectivity index is 1.45. The first-order valence-electron chi connectivity index (χ1n) is 8.43. The molecule has 1 amide bonds. The van der Waals surface area contributed by atoms with Gasteiger partial charge in [0.25, 0.3) is 11.7 Å². The van der Waals surface area contributed by atoms with Gasteiger partial charge in [-0.25, -0.2) is 4.98 Å². The highest BCUT2D eigenvalue weighted by molar-refractivity contribution is 6.44. The van der Waals surface area contributed by atoms with Gasteiger partial charge in [0.15, 0.2) is 0 Å². The molecule has 1 aliphatic rings. The number of carbonyl (C=O) groups is 2. The van der Waals surface area contributed by atoms with E-state index < -0.39 is 11.7 Å². The van der Waals surface area contributed by atoms with Gasteiger partial charge < -0.3 is 19.9 Å². The highest BCUT2D eigenvalue weighted by Gasteiger charge is 2.28. The molecule has 1 fully saturated rings. The third kappa shape index (κ3) is 2.88. The van der Waals surface area contributed by atoms with Crippen molar-refractivity contribution in [3.63, 3.8) is 0 Å². The number of carbonyl (C=O) groups excluding carboxylic acids is 2. The van der Waals surface area contributed by atoms with E-state index in [4.69, 9.17) is 0 Å². The summed E-state index contributed by atoms with van der Waals surface area (Å²) in [6.07, 6.45) is 2.99. The van der Waals surface area contributed by atoms with Crippen LogP contribution in [-0.2, 0) is 4.79 Å². The topological polar surface area (TPSA) is 89.5 Å². The van der Waals surface area contributed by atoms with Crippen LogP contribution in [0.15, 0.2) is 48.8 Å². The number of nitrogens with zero attached hydrogens (tertiary/aromatic N) is 3. The predicted molar refractivity (Wildman–Crippen MR) is 97.3 cm³/mol. The van der Waals surface area contributed by atoms with Crippen LogP contribution in [0.2, 0.25) is 0 Å². The number of anilines is 1. The van der Waals surface area contributed by atoms with Crippen molar-refractivity contribution in [1.29, 1.82) is 0 Å². The van der Waals surface area contributed by atoms with E-state index in [1.165, 1.54) is 6.20 Å². The first-order chi connectivity index (χ1) is 12.6. The minimum atomic E-state index is -0.487. The summed E-state index contributed by atoms with van der Waals surface area (Å²) in [7, 11) is 0. The number of rotatable bonds is 3. The average Bonchev–Trinajstić information content (AvgIpc) is 3.12. The second kappa shape index (κ2) is 6.51. The number of amides is 1. The molecule has 7 nitrogen and oxygen atoms in total. The molecule has 0 bridgehead atoms. The van der Waals surface area contributed by atoms with Crippen molar-refractivity contribution in [2.24, 2.45) is 0 Å². The molecule has 3 heterocycles. The Morgan fingerprint density at radius 1 is 1.04 bits per heavy atom. The van der Waals surface area contributed by atoms with Crippen LogP contribution in [0.5, 0.6) is 5.75 Å². The lowest BCUT2D eigenvalue weighted by Crippen LogP contribution is -2.50. The van der Waals surface area contributed by atoms with E-state index in [0.29, 0.717) is 31.7 Å². The Morgan fingerprint density at radius 2 is 1.81 bits per heavy atom. The molecule has 1 saturated heterocycles. The summed E-state index contributed by atoms with van der Waals surface area (Å²) < 4.78 is 0. The van der Waals surface area contributed by atoms with Crippen LogP contribution in [0, 0.1) is 0 Å². The van der Waals surface area contributed by atoms with Gasteiger partial charge in [0.2, 0.25) is 0 Å². The maximum Gasteiger partial charge on any atom is 0.295 e. The molecule has 0 radical (unpaired) electrons. The minimum Gasteiger partial charge on any atom is -0.506 e. The van der Waals surface area contributed by atoms with Gasteiger partial charge in [-0.15, -0.1) is 0 Å². The van der Waals surface area contributed by atoms with Gasteiger partial charge in [-0.3, -0.25) is 9.59 Å². The van der Waals surface area contributed by atoms with Crippen LogP contribution in [0.3, 0.4) is 0 Å². The fourth-order valence-electron chi connectivity index (χ4n) is 3.22. The summed E-state index contributed by atoms with van der Waals surface area (Å²) in [5.74, 6) is -0.100. The number of pyridine rings is 1. The van der Waals surface area contributed by atoms with Crippen molar-refractivity contribution in [2.45, 2.75) is 0 Å². The number of aromatic amines is 1. The number of ketones is 1. The first-order valence-corrected chi connectivity index (χ1v) is 8.43. The molecule has 7 heteroatoms. The third-order valence-corrected chi connectivity index (χ3v) is 4.65. The fraction of sp³-hybridized carbons (Fsp3) is 0.211. The fourth-order valence-corrected chi connectivity index (χ4v) is 3.22. The third-order valence-electron chi connectivity index (χ3n) is 4.65. The Bertz CT molecular complexity index is 956. The summed E-state index contributed by atoms with van der Waals surface area (Å²) in [4.78, 5) is 36.1. The van der Waals surface area contributed by atoms with Gasteiger partial charge in [0, 0.05) is 43.3 Å². The number of aromatic hydroxyl groups is 1. The largest absolute Gasteiger partial charge is 0.506 e. The number of piperazine rings is 1. The summed E-state index contributed by atoms with van der Waals surface area (Å²) >= 11 is 0. The number of hydrogen-bond donors (Lipinski definition) is 2. The lowest BCUT2D eigenvalue weighted by atomic mass is 10.1. The zero-order valence-electron chi connectivity index (χ0n) is 14.1. The lowest BCUT2D eigenvalue weighted by molar-refractivity contribution is -0.126. The second-order valence-corrected chi connectivity index (χ2v) is 6.23. The smallest absolute Gasteiger partial charge is 0.295 e. The highest BCUT2D eigenvalue weighted by Crippen LogP contribution is 2.20. The van der Waals surface area contributed by atoms with E-state index in [9.17, 15) is 14.7 Å². The number of Topliss-reactive ketones (excluding diaryl/α,β-unsaturated/α-hetero) is 1. The van der Waals surface area contributed by atoms with E-state index in [-0.39, 0.29) is 5.75 Å². The van der Waals surface area contributed by atoms with Crippen LogP contribution in [0.25, 0.3) is 10.9 Å². The van der Waals surface area contributed by atoms with Crippen molar-refractivity contribution < 1.29 is 14.7 Å². The van der Waals surface area contributed by atoms with Gasteiger partial charge in [-0.05, 0) is 18.2 Å². The average molecular weight is 350 g/mol. The molecule has 4 rings (SSSR count). The number of nitrogens with one attached hydrogen (secondary N) is 1. The van der Waals surface area contributed by atoms with Crippen LogP contribution in [0.4, 0.5) is 5.82 Å². The van der Waals surface area contributed by atoms with Crippen LogP contribution in [-0.4, -0.2) is 57.8 Å². The molecule has 2 aromatic heterocycles. The number of fused-ring (bicyclic) bond motifs is 1. The number of para-hydroxylation sites is 1. The summed E-state index contributed by atoms with van der Waals surface area (Å²) in [6.45, 7) is 2.08. The molecule has 3 aromatic rings. The number of benzene rings is 1. The highest BCUT2D eigenvalue weighted by atomic mass is 16.3. The predicted octanol–water partition coefficient (Wildman–Crippen LogP) is 1.80. The zero-order chi connectivity index (χ0) is 18.1. The van der Waals surface area contributed by atoms with E-state index in [2.05, 4.69) is 9.97 Å². The van der Waals surface area contributed by atoms with Gasteiger partial charge >= 0.3 is 0 Å². The SMILES string of the molecule is O=C(C(=O)N1CCN(c2ccc(O)cn2)CC1)c1c[nH]c2ccccc12. The summed E-state index contributed by atoms with van der Waals surface area (Å²) in [6, 6.07) is 10.8. The molecule has 0 spiro atoms. The summed E-state index contributed by atoms with van der Waals surface area (Å²) in [5, 5.41) is 10.1. The number of H-pyrrole nitrogens is 1. The van der Waals surface area contributed by atoms with E-state index in [1.54, 1.807) is 23.2 Å². The van der Waals surface area contributed by atoms with Crippen molar-refractivity contribution >= 4 is 28.4 Å². The number of hydrogen-bond acceptors (Lipinski definition) is 5. The molecule has 2 N–H and O–H groups in total. The van der Waals surface area contributed by atoms with E-state index >= 15 is 0 Å². The molecule has 132 valence electrons. The Hall–Kier alpha value is -3.35. The molecular formula is C19H18N4O3. The van der Waals surface area contributed by atoms with Crippen LogP contribution < -0.4 is 4.90 Å². The lowest BCUT2D eigenvalue weighted by Gasteiger charge is -2.35. The normalized spacial score (nSPS) is 14.6. The molecule has 0 unspecified atom stereocenters. The van der Waals surface area contributed by atoms with Crippen molar-refractivity contribution in [2.75, 3.05) is 31.1 Å². The van der Waals surface area contributed by atoms with Gasteiger partial charge in [0.05, 0.1) is 11.8 Å². The van der Waals surface area contributed by atoms with E-state index in [1.807, 2.05) is 29.2 Å².